The molecule has 26 heavy (non-hydrogen) atoms. The molecule has 1 heterocycles. The van der Waals surface area contributed by atoms with Crippen molar-refractivity contribution in [3.63, 3.8) is 0 Å². The topological polar surface area (TPSA) is 60.0 Å². The first-order valence-corrected chi connectivity index (χ1v) is 7.83. The largest absolute Gasteiger partial charge is 0.493 e. The summed E-state index contributed by atoms with van der Waals surface area (Å²) in [5.41, 5.74) is 0.213. The van der Waals surface area contributed by atoms with E-state index in [-0.39, 0.29) is 11.4 Å². The monoisotopic (exact) mass is 363 g/mol. The van der Waals surface area contributed by atoms with E-state index in [9.17, 15) is 13.2 Å². The number of nitrogens with zero attached hydrogens (tertiary/aromatic N) is 2. The third kappa shape index (κ3) is 3.63. The number of ether oxygens (including phenoxy) is 2. The standard InChI is InChI=1S/C18H16F3N3O2/c1-3-26-15-10-12(7-8-14(15)25-2)17-22-16(23-24-17)11-5-4-6-13(9-11)18(19,20)21/h4-10H,3H2,1-2H3,(H,22,23,24). The minimum Gasteiger partial charge on any atom is -0.493 e. The Bertz CT molecular complexity index is 907. The summed E-state index contributed by atoms with van der Waals surface area (Å²) in [5.74, 6) is 1.72. The first-order valence-electron chi connectivity index (χ1n) is 7.83. The van der Waals surface area contributed by atoms with Gasteiger partial charge in [0, 0.05) is 11.1 Å². The summed E-state index contributed by atoms with van der Waals surface area (Å²) in [6.07, 6.45) is -4.42. The molecule has 0 spiro atoms. The van der Waals surface area contributed by atoms with Gasteiger partial charge in [-0.05, 0) is 37.3 Å². The van der Waals surface area contributed by atoms with Crippen LogP contribution in [0, 0.1) is 0 Å². The fourth-order valence-corrected chi connectivity index (χ4v) is 2.45. The van der Waals surface area contributed by atoms with Crippen LogP contribution in [-0.4, -0.2) is 28.9 Å². The van der Waals surface area contributed by atoms with E-state index in [1.807, 2.05) is 6.92 Å². The number of rotatable bonds is 5. The van der Waals surface area contributed by atoms with Gasteiger partial charge >= 0.3 is 6.18 Å². The van der Waals surface area contributed by atoms with E-state index in [2.05, 4.69) is 15.2 Å². The van der Waals surface area contributed by atoms with E-state index >= 15 is 0 Å². The number of halogens is 3. The molecule has 0 aliphatic rings. The second-order valence-corrected chi connectivity index (χ2v) is 5.38. The van der Waals surface area contributed by atoms with Crippen LogP contribution in [-0.2, 0) is 6.18 Å². The van der Waals surface area contributed by atoms with Crippen LogP contribution in [0.15, 0.2) is 42.5 Å². The fraction of sp³-hybridized carbons (Fsp3) is 0.222. The Morgan fingerprint density at radius 1 is 1.04 bits per heavy atom. The Balaban J connectivity index is 1.95. The van der Waals surface area contributed by atoms with Gasteiger partial charge in [0.25, 0.3) is 0 Å². The second kappa shape index (κ2) is 7.07. The van der Waals surface area contributed by atoms with Gasteiger partial charge in [-0.25, -0.2) is 4.98 Å². The molecule has 5 nitrogen and oxygen atoms in total. The molecule has 8 heteroatoms. The van der Waals surface area contributed by atoms with Crippen molar-refractivity contribution in [2.75, 3.05) is 13.7 Å². The average Bonchev–Trinajstić information content (AvgIpc) is 3.11. The number of nitrogens with one attached hydrogen (secondary N) is 1. The molecule has 0 saturated heterocycles. The third-order valence-corrected chi connectivity index (χ3v) is 3.67. The first kappa shape index (κ1) is 17.8. The number of benzene rings is 2. The summed E-state index contributed by atoms with van der Waals surface area (Å²) >= 11 is 0. The first-order chi connectivity index (χ1) is 12.4. The van der Waals surface area contributed by atoms with Crippen molar-refractivity contribution in [3.05, 3.63) is 48.0 Å². The molecule has 0 amide bonds. The molecular formula is C18H16F3N3O2. The third-order valence-electron chi connectivity index (χ3n) is 3.67. The van der Waals surface area contributed by atoms with Gasteiger partial charge in [0.15, 0.2) is 23.1 Å². The maximum Gasteiger partial charge on any atom is 0.416 e. The number of aromatic nitrogens is 3. The average molecular weight is 363 g/mol. The molecule has 0 saturated carbocycles. The highest BCUT2D eigenvalue weighted by Gasteiger charge is 2.30. The number of aromatic amines is 1. The molecule has 0 aliphatic heterocycles. The van der Waals surface area contributed by atoms with Gasteiger partial charge in [0.2, 0.25) is 0 Å². The van der Waals surface area contributed by atoms with Crippen molar-refractivity contribution in [2.24, 2.45) is 0 Å². The summed E-state index contributed by atoms with van der Waals surface area (Å²) in [7, 11) is 1.54. The van der Waals surface area contributed by atoms with Crippen LogP contribution in [0.5, 0.6) is 11.5 Å². The number of H-pyrrole nitrogens is 1. The van der Waals surface area contributed by atoms with Crippen LogP contribution in [0.3, 0.4) is 0 Å². The lowest BCUT2D eigenvalue weighted by molar-refractivity contribution is -0.137. The van der Waals surface area contributed by atoms with Crippen molar-refractivity contribution >= 4 is 0 Å². The van der Waals surface area contributed by atoms with E-state index in [1.54, 1.807) is 18.2 Å². The van der Waals surface area contributed by atoms with Gasteiger partial charge in [0.1, 0.15) is 0 Å². The quantitative estimate of drug-likeness (QED) is 0.722. The van der Waals surface area contributed by atoms with Crippen LogP contribution >= 0.6 is 0 Å². The molecule has 0 atom stereocenters. The second-order valence-electron chi connectivity index (χ2n) is 5.38. The van der Waals surface area contributed by atoms with Crippen molar-refractivity contribution in [1.82, 2.24) is 15.2 Å². The predicted octanol–water partition coefficient (Wildman–Crippen LogP) is 4.56. The highest BCUT2D eigenvalue weighted by molar-refractivity contribution is 5.64. The molecule has 3 aromatic rings. The Labute approximate surface area is 147 Å². The number of alkyl halides is 3. The molecule has 0 aliphatic carbocycles. The van der Waals surface area contributed by atoms with Crippen LogP contribution < -0.4 is 9.47 Å². The molecule has 0 bridgehead atoms. The normalized spacial score (nSPS) is 11.4. The summed E-state index contributed by atoms with van der Waals surface area (Å²) in [4.78, 5) is 4.30. The molecule has 0 unspecified atom stereocenters. The van der Waals surface area contributed by atoms with E-state index in [1.165, 1.54) is 19.2 Å². The Morgan fingerprint density at radius 2 is 1.85 bits per heavy atom. The zero-order valence-electron chi connectivity index (χ0n) is 14.1. The molecule has 0 radical (unpaired) electrons. The predicted molar refractivity (Wildman–Crippen MR) is 90.0 cm³/mol. The summed E-state index contributed by atoms with van der Waals surface area (Å²) < 4.78 is 49.4. The van der Waals surface area contributed by atoms with E-state index in [0.29, 0.717) is 29.5 Å². The minimum absolute atomic E-state index is 0.180. The highest BCUT2D eigenvalue weighted by atomic mass is 19.4. The Kier molecular flexibility index (Phi) is 4.83. The fourth-order valence-electron chi connectivity index (χ4n) is 2.45. The van der Waals surface area contributed by atoms with Crippen LogP contribution in [0.25, 0.3) is 22.8 Å². The number of hydrogen-bond acceptors (Lipinski definition) is 4. The summed E-state index contributed by atoms with van der Waals surface area (Å²) in [6, 6.07) is 10.1. The molecule has 3 rings (SSSR count). The maximum atomic E-state index is 12.9. The zero-order chi connectivity index (χ0) is 18.7. The Hall–Kier alpha value is -3.03. The van der Waals surface area contributed by atoms with E-state index < -0.39 is 11.7 Å². The van der Waals surface area contributed by atoms with Crippen molar-refractivity contribution in [3.8, 4) is 34.3 Å². The summed E-state index contributed by atoms with van der Waals surface area (Å²) in [5, 5.41) is 6.78. The van der Waals surface area contributed by atoms with Gasteiger partial charge in [-0.2, -0.15) is 18.3 Å². The number of methoxy groups -OCH3 is 1. The van der Waals surface area contributed by atoms with Crippen molar-refractivity contribution in [1.29, 1.82) is 0 Å². The molecule has 2 aromatic carbocycles. The van der Waals surface area contributed by atoms with Gasteiger partial charge in [-0.1, -0.05) is 12.1 Å². The van der Waals surface area contributed by atoms with Crippen LogP contribution in [0.2, 0.25) is 0 Å². The van der Waals surface area contributed by atoms with E-state index in [4.69, 9.17) is 9.47 Å². The van der Waals surface area contributed by atoms with Gasteiger partial charge in [0.05, 0.1) is 19.3 Å². The van der Waals surface area contributed by atoms with Gasteiger partial charge in [-0.3, -0.25) is 5.10 Å². The van der Waals surface area contributed by atoms with Gasteiger partial charge in [-0.15, -0.1) is 0 Å². The lowest BCUT2D eigenvalue weighted by Gasteiger charge is -2.09. The van der Waals surface area contributed by atoms with Crippen LogP contribution in [0.4, 0.5) is 13.2 Å². The molecule has 1 aromatic heterocycles. The SMILES string of the molecule is CCOc1cc(-c2nc(-c3cccc(C(F)(F)F)c3)n[nH]2)ccc1OC. The smallest absolute Gasteiger partial charge is 0.416 e. The zero-order valence-corrected chi connectivity index (χ0v) is 14.1. The number of hydrogen-bond donors (Lipinski definition) is 1. The van der Waals surface area contributed by atoms with Crippen LogP contribution in [0.1, 0.15) is 12.5 Å². The molecule has 1 N–H and O–H groups in total. The van der Waals surface area contributed by atoms with E-state index in [0.717, 1.165) is 12.1 Å². The lowest BCUT2D eigenvalue weighted by atomic mass is 10.1. The maximum absolute atomic E-state index is 12.9. The molecule has 136 valence electrons. The molecule has 0 fully saturated rings. The molecular weight excluding hydrogens is 347 g/mol. The van der Waals surface area contributed by atoms with Crippen molar-refractivity contribution in [2.45, 2.75) is 13.1 Å². The minimum atomic E-state index is -4.42. The van der Waals surface area contributed by atoms with Gasteiger partial charge < -0.3 is 9.47 Å². The Morgan fingerprint density at radius 3 is 2.54 bits per heavy atom. The lowest BCUT2D eigenvalue weighted by Crippen LogP contribution is -2.04. The summed E-state index contributed by atoms with van der Waals surface area (Å²) in [6.45, 7) is 2.32. The highest BCUT2D eigenvalue weighted by Crippen LogP contribution is 2.33. The van der Waals surface area contributed by atoms with Crippen molar-refractivity contribution < 1.29 is 22.6 Å².